The SMILES string of the molecule is CN1CCN(CCCc2ccc(C(=O)Nc3sc(Nc4ccc5ccccc5c4)nc3C(N)=O)cc2)CC1. The molecule has 0 radical (unpaired) electrons. The number of rotatable bonds is 9. The van der Waals surface area contributed by atoms with Gasteiger partial charge >= 0.3 is 0 Å². The van der Waals surface area contributed by atoms with Crippen molar-refractivity contribution in [3.63, 3.8) is 0 Å². The lowest BCUT2D eigenvalue weighted by atomic mass is 10.1. The molecule has 0 spiro atoms. The van der Waals surface area contributed by atoms with Crippen LogP contribution in [-0.2, 0) is 6.42 Å². The lowest BCUT2D eigenvalue weighted by Crippen LogP contribution is -2.44. The van der Waals surface area contributed by atoms with E-state index < -0.39 is 5.91 Å². The summed E-state index contributed by atoms with van der Waals surface area (Å²) in [6.45, 7) is 5.59. The third-order valence-electron chi connectivity index (χ3n) is 6.84. The van der Waals surface area contributed by atoms with Crippen LogP contribution in [0.2, 0.25) is 0 Å². The second kappa shape index (κ2) is 11.7. The van der Waals surface area contributed by atoms with Gasteiger partial charge in [0.2, 0.25) is 0 Å². The van der Waals surface area contributed by atoms with Gasteiger partial charge in [0, 0.05) is 37.4 Å². The Bertz CT molecular complexity index is 1430. The molecule has 1 aliphatic heterocycles. The third kappa shape index (κ3) is 6.36. The Morgan fingerprint density at radius 1 is 0.974 bits per heavy atom. The van der Waals surface area contributed by atoms with Gasteiger partial charge in [-0.15, -0.1) is 0 Å². The average molecular weight is 529 g/mol. The van der Waals surface area contributed by atoms with Crippen LogP contribution in [0.1, 0.15) is 32.8 Å². The standard InChI is InChI=1S/C29H32N6O2S/c1-34-15-17-35(18-16-34)14-4-5-20-8-10-22(11-9-20)27(37)33-28-25(26(30)36)32-29(38-28)31-24-13-12-21-6-2-3-7-23(21)19-24/h2-3,6-13,19H,4-5,14-18H2,1H3,(H2,30,36)(H,31,32)(H,33,37). The molecule has 2 amide bonds. The first kappa shape index (κ1) is 25.8. The van der Waals surface area contributed by atoms with Crippen molar-refractivity contribution in [2.75, 3.05) is 50.4 Å². The maximum absolute atomic E-state index is 12.9. The number of anilines is 3. The number of aryl methyl sites for hydroxylation is 1. The lowest BCUT2D eigenvalue weighted by molar-refractivity contribution is 0.0997. The van der Waals surface area contributed by atoms with Crippen molar-refractivity contribution in [3.8, 4) is 0 Å². The second-order valence-corrected chi connectivity index (χ2v) is 10.6. The van der Waals surface area contributed by atoms with Gasteiger partial charge in [-0.05, 0) is 67.0 Å². The minimum Gasteiger partial charge on any atom is -0.364 e. The zero-order chi connectivity index (χ0) is 26.5. The average Bonchev–Trinajstić information content (AvgIpc) is 3.32. The monoisotopic (exact) mass is 528 g/mol. The van der Waals surface area contributed by atoms with Crippen molar-refractivity contribution in [3.05, 3.63) is 83.6 Å². The van der Waals surface area contributed by atoms with Crippen LogP contribution in [0.25, 0.3) is 10.8 Å². The number of carbonyl (C=O) groups is 2. The Morgan fingerprint density at radius 3 is 2.45 bits per heavy atom. The normalized spacial score (nSPS) is 14.4. The predicted octanol–water partition coefficient (Wildman–Crippen LogP) is 4.57. The molecule has 0 unspecified atom stereocenters. The van der Waals surface area contributed by atoms with Gasteiger partial charge in [-0.3, -0.25) is 9.59 Å². The molecule has 0 saturated carbocycles. The number of fused-ring (bicyclic) bond motifs is 1. The van der Waals surface area contributed by atoms with E-state index in [1.54, 1.807) is 0 Å². The molecule has 5 rings (SSSR count). The van der Waals surface area contributed by atoms with Crippen LogP contribution in [0.5, 0.6) is 0 Å². The van der Waals surface area contributed by atoms with Crippen LogP contribution in [0.3, 0.4) is 0 Å². The molecule has 2 heterocycles. The van der Waals surface area contributed by atoms with Gasteiger partial charge < -0.3 is 26.2 Å². The molecule has 38 heavy (non-hydrogen) atoms. The highest BCUT2D eigenvalue weighted by Gasteiger charge is 2.19. The number of nitrogens with zero attached hydrogens (tertiary/aromatic N) is 3. The van der Waals surface area contributed by atoms with E-state index in [1.165, 1.54) is 16.9 Å². The second-order valence-electron chi connectivity index (χ2n) is 9.65. The Labute approximate surface area is 226 Å². The summed E-state index contributed by atoms with van der Waals surface area (Å²) < 4.78 is 0. The fraction of sp³-hybridized carbons (Fsp3) is 0.276. The summed E-state index contributed by atoms with van der Waals surface area (Å²) in [6, 6.07) is 21.6. The number of carbonyl (C=O) groups excluding carboxylic acids is 2. The summed E-state index contributed by atoms with van der Waals surface area (Å²) >= 11 is 1.18. The highest BCUT2D eigenvalue weighted by atomic mass is 32.1. The molecule has 1 saturated heterocycles. The van der Waals surface area contributed by atoms with Crippen LogP contribution in [0.4, 0.5) is 15.8 Å². The van der Waals surface area contributed by atoms with Gasteiger partial charge in [0.05, 0.1) is 0 Å². The number of likely N-dealkylation sites (N-methyl/N-ethyl adjacent to an activating group) is 1. The first-order valence-corrected chi connectivity index (χ1v) is 13.6. The number of aromatic nitrogens is 1. The first-order chi connectivity index (χ1) is 18.4. The molecule has 1 aliphatic rings. The van der Waals surface area contributed by atoms with Crippen molar-refractivity contribution in [1.29, 1.82) is 0 Å². The molecule has 0 aliphatic carbocycles. The van der Waals surface area contributed by atoms with E-state index in [0.717, 1.165) is 62.0 Å². The van der Waals surface area contributed by atoms with Crippen molar-refractivity contribution in [2.24, 2.45) is 5.73 Å². The summed E-state index contributed by atoms with van der Waals surface area (Å²) in [4.78, 5) is 34.2. The Balaban J connectivity index is 1.20. The summed E-state index contributed by atoms with van der Waals surface area (Å²) in [5.74, 6) is -1.00. The van der Waals surface area contributed by atoms with E-state index in [-0.39, 0.29) is 11.6 Å². The number of benzene rings is 3. The van der Waals surface area contributed by atoms with Crippen LogP contribution in [0, 0.1) is 0 Å². The van der Waals surface area contributed by atoms with Gasteiger partial charge in [-0.1, -0.05) is 53.8 Å². The number of nitrogens with one attached hydrogen (secondary N) is 2. The molecule has 0 atom stereocenters. The number of hydrogen-bond acceptors (Lipinski definition) is 7. The number of piperazine rings is 1. The number of hydrogen-bond donors (Lipinski definition) is 3. The van der Waals surface area contributed by atoms with E-state index in [2.05, 4.69) is 32.5 Å². The lowest BCUT2D eigenvalue weighted by Gasteiger charge is -2.32. The molecule has 196 valence electrons. The van der Waals surface area contributed by atoms with E-state index >= 15 is 0 Å². The summed E-state index contributed by atoms with van der Waals surface area (Å²) in [6.07, 6.45) is 2.06. The minimum atomic E-state index is -0.696. The van der Waals surface area contributed by atoms with E-state index in [9.17, 15) is 9.59 Å². The maximum atomic E-state index is 12.9. The molecule has 4 aromatic rings. The van der Waals surface area contributed by atoms with Gasteiger partial charge in [0.1, 0.15) is 5.00 Å². The summed E-state index contributed by atoms with van der Waals surface area (Å²) in [5.41, 5.74) is 8.14. The number of thiazole rings is 1. The quantitative estimate of drug-likeness (QED) is 0.294. The molecule has 4 N–H and O–H groups in total. The minimum absolute atomic E-state index is 0.0344. The van der Waals surface area contributed by atoms with Crippen molar-refractivity contribution >= 4 is 49.7 Å². The van der Waals surface area contributed by atoms with E-state index in [4.69, 9.17) is 5.73 Å². The molecular formula is C29H32N6O2S. The zero-order valence-electron chi connectivity index (χ0n) is 21.4. The summed E-state index contributed by atoms with van der Waals surface area (Å²) in [7, 11) is 2.17. The first-order valence-electron chi connectivity index (χ1n) is 12.8. The Morgan fingerprint density at radius 2 is 1.71 bits per heavy atom. The summed E-state index contributed by atoms with van der Waals surface area (Å²) in [5, 5.41) is 9.04. The fourth-order valence-electron chi connectivity index (χ4n) is 4.59. The third-order valence-corrected chi connectivity index (χ3v) is 7.73. The molecule has 1 fully saturated rings. The maximum Gasteiger partial charge on any atom is 0.270 e. The largest absolute Gasteiger partial charge is 0.364 e. The molecule has 0 bridgehead atoms. The van der Waals surface area contributed by atoms with E-state index in [0.29, 0.717) is 15.7 Å². The molecule has 9 heteroatoms. The number of nitrogens with two attached hydrogens (primary N) is 1. The van der Waals surface area contributed by atoms with Crippen LogP contribution >= 0.6 is 11.3 Å². The van der Waals surface area contributed by atoms with E-state index in [1.807, 2.05) is 66.7 Å². The Hall–Kier alpha value is -3.79. The Kier molecular flexibility index (Phi) is 7.97. The highest BCUT2D eigenvalue weighted by Crippen LogP contribution is 2.32. The van der Waals surface area contributed by atoms with Gasteiger partial charge in [0.25, 0.3) is 11.8 Å². The van der Waals surface area contributed by atoms with Crippen molar-refractivity contribution in [2.45, 2.75) is 12.8 Å². The van der Waals surface area contributed by atoms with Crippen molar-refractivity contribution in [1.82, 2.24) is 14.8 Å². The number of amides is 2. The topological polar surface area (TPSA) is 104 Å². The van der Waals surface area contributed by atoms with Gasteiger partial charge in [-0.2, -0.15) is 0 Å². The van der Waals surface area contributed by atoms with Gasteiger partial charge in [0.15, 0.2) is 10.8 Å². The van der Waals surface area contributed by atoms with Crippen LogP contribution in [-0.4, -0.2) is 66.4 Å². The highest BCUT2D eigenvalue weighted by molar-refractivity contribution is 7.20. The molecule has 3 aromatic carbocycles. The molecule has 1 aromatic heterocycles. The predicted molar refractivity (Wildman–Crippen MR) is 155 cm³/mol. The number of primary amides is 1. The van der Waals surface area contributed by atoms with Crippen LogP contribution < -0.4 is 16.4 Å². The molecule has 8 nitrogen and oxygen atoms in total. The van der Waals surface area contributed by atoms with Crippen LogP contribution in [0.15, 0.2) is 66.7 Å². The molecular weight excluding hydrogens is 496 g/mol. The zero-order valence-corrected chi connectivity index (χ0v) is 22.3. The van der Waals surface area contributed by atoms with Gasteiger partial charge in [-0.25, -0.2) is 4.98 Å². The van der Waals surface area contributed by atoms with Crippen molar-refractivity contribution < 1.29 is 9.59 Å². The smallest absolute Gasteiger partial charge is 0.270 e. The fourth-order valence-corrected chi connectivity index (χ4v) is 5.48.